The predicted octanol–water partition coefficient (Wildman–Crippen LogP) is 12.7. The summed E-state index contributed by atoms with van der Waals surface area (Å²) < 4.78 is 15.5. The standard InChI is InChI=1S/C49H30N4O2/c1-2-14-33(15-3-1)47-50-48(34-27-25-32(26-28-34)37-20-12-16-31-13-4-5-17-36(31)37)52-49(51-47)40-29-35(30-45-46(40)55-44-24-11-10-23-43(44)54-45)53-41-21-8-6-18-38(41)39-19-7-9-22-42(39)53/h1-30H. The molecule has 0 saturated carbocycles. The van der Waals surface area contributed by atoms with E-state index in [1.807, 2.05) is 60.7 Å². The molecular formula is C49H30N4O2. The van der Waals surface area contributed by atoms with E-state index in [0.29, 0.717) is 46.0 Å². The summed E-state index contributed by atoms with van der Waals surface area (Å²) in [5, 5.41) is 4.75. The largest absolute Gasteiger partial charge is 0.449 e. The molecule has 3 heterocycles. The van der Waals surface area contributed by atoms with Gasteiger partial charge in [-0.25, -0.2) is 15.0 Å². The predicted molar refractivity (Wildman–Crippen MR) is 220 cm³/mol. The van der Waals surface area contributed by atoms with Gasteiger partial charge in [0.1, 0.15) is 0 Å². The van der Waals surface area contributed by atoms with Crippen LogP contribution in [0, 0.1) is 0 Å². The van der Waals surface area contributed by atoms with Gasteiger partial charge in [-0.1, -0.05) is 146 Å². The van der Waals surface area contributed by atoms with Gasteiger partial charge in [0, 0.05) is 28.0 Å². The van der Waals surface area contributed by atoms with Gasteiger partial charge in [0.25, 0.3) is 0 Å². The smallest absolute Gasteiger partial charge is 0.181 e. The average Bonchev–Trinajstić information content (AvgIpc) is 3.60. The van der Waals surface area contributed by atoms with Crippen LogP contribution in [0.4, 0.5) is 0 Å². The van der Waals surface area contributed by atoms with Crippen LogP contribution in [0.2, 0.25) is 0 Å². The van der Waals surface area contributed by atoms with E-state index in [-0.39, 0.29) is 0 Å². The van der Waals surface area contributed by atoms with Gasteiger partial charge < -0.3 is 14.0 Å². The molecule has 0 N–H and O–H groups in total. The van der Waals surface area contributed by atoms with E-state index in [1.54, 1.807) is 0 Å². The SMILES string of the molecule is c1ccc(-c2nc(-c3ccc(-c4cccc5ccccc45)cc3)nc(-c3cc(-n4c5ccccc5c5ccccc54)cc4c3Oc3ccccc3O4)n2)cc1. The fourth-order valence-corrected chi connectivity index (χ4v) is 7.73. The minimum Gasteiger partial charge on any atom is -0.449 e. The molecule has 1 aliphatic rings. The Morgan fingerprint density at radius 3 is 1.64 bits per heavy atom. The Labute approximate surface area is 316 Å². The lowest BCUT2D eigenvalue weighted by molar-refractivity contribution is 0.360. The van der Waals surface area contributed by atoms with E-state index in [2.05, 4.69) is 126 Å². The molecule has 0 unspecified atom stereocenters. The number of fused-ring (bicyclic) bond motifs is 6. The third-order valence-electron chi connectivity index (χ3n) is 10.3. The molecule has 0 atom stereocenters. The van der Waals surface area contributed by atoms with Crippen molar-refractivity contribution < 1.29 is 9.47 Å². The molecule has 258 valence electrons. The summed E-state index contributed by atoms with van der Waals surface area (Å²) in [7, 11) is 0. The fraction of sp³-hybridized carbons (Fsp3) is 0. The topological polar surface area (TPSA) is 62.1 Å². The Balaban J connectivity index is 1.13. The van der Waals surface area contributed by atoms with Gasteiger partial charge >= 0.3 is 0 Å². The first-order chi connectivity index (χ1) is 27.2. The Hall–Kier alpha value is -7.57. The summed E-state index contributed by atoms with van der Waals surface area (Å²) in [5.74, 6) is 3.99. The van der Waals surface area contributed by atoms with Crippen molar-refractivity contribution in [2.45, 2.75) is 0 Å². The second-order valence-electron chi connectivity index (χ2n) is 13.6. The zero-order chi connectivity index (χ0) is 36.3. The molecule has 0 radical (unpaired) electrons. The molecule has 0 amide bonds. The number of hydrogen-bond acceptors (Lipinski definition) is 5. The molecule has 10 aromatic rings. The minimum absolute atomic E-state index is 0.476. The van der Waals surface area contributed by atoms with E-state index in [1.165, 1.54) is 27.1 Å². The maximum atomic E-state index is 6.67. The summed E-state index contributed by atoms with van der Waals surface area (Å²) in [6.45, 7) is 0. The molecule has 55 heavy (non-hydrogen) atoms. The number of nitrogens with zero attached hydrogens (tertiary/aromatic N) is 4. The molecule has 1 aliphatic heterocycles. The van der Waals surface area contributed by atoms with Crippen molar-refractivity contribution in [1.82, 2.24) is 19.5 Å². The normalized spacial score (nSPS) is 11.9. The highest BCUT2D eigenvalue weighted by molar-refractivity contribution is 6.09. The molecular weight excluding hydrogens is 677 g/mol. The molecule has 0 fully saturated rings. The number of aromatic nitrogens is 4. The van der Waals surface area contributed by atoms with E-state index >= 15 is 0 Å². The van der Waals surface area contributed by atoms with Crippen LogP contribution < -0.4 is 9.47 Å². The molecule has 0 aliphatic carbocycles. The van der Waals surface area contributed by atoms with Gasteiger partial charge in [0.05, 0.1) is 22.3 Å². The van der Waals surface area contributed by atoms with Crippen LogP contribution >= 0.6 is 0 Å². The number of benzene rings is 8. The number of rotatable bonds is 5. The monoisotopic (exact) mass is 706 g/mol. The molecule has 0 bridgehead atoms. The van der Waals surface area contributed by atoms with Crippen LogP contribution in [-0.2, 0) is 0 Å². The zero-order valence-corrected chi connectivity index (χ0v) is 29.4. The second kappa shape index (κ2) is 12.5. The third-order valence-corrected chi connectivity index (χ3v) is 10.3. The van der Waals surface area contributed by atoms with Gasteiger partial charge in [-0.15, -0.1) is 0 Å². The summed E-state index contributed by atoms with van der Waals surface area (Å²) in [5.41, 5.74) is 7.81. The first-order valence-electron chi connectivity index (χ1n) is 18.3. The van der Waals surface area contributed by atoms with Crippen LogP contribution in [0.15, 0.2) is 182 Å². The number of hydrogen-bond donors (Lipinski definition) is 0. The Morgan fingerprint density at radius 1 is 0.364 bits per heavy atom. The summed E-state index contributed by atoms with van der Waals surface area (Å²) >= 11 is 0. The highest BCUT2D eigenvalue weighted by atomic mass is 16.6. The Kier molecular flexibility index (Phi) is 7.07. The van der Waals surface area contributed by atoms with Gasteiger partial charge in [-0.3, -0.25) is 0 Å². The van der Waals surface area contributed by atoms with Gasteiger partial charge in [-0.2, -0.15) is 0 Å². The van der Waals surface area contributed by atoms with Crippen molar-refractivity contribution in [3.8, 4) is 74.0 Å². The van der Waals surface area contributed by atoms with E-state index < -0.39 is 0 Å². The molecule has 11 rings (SSSR count). The molecule has 2 aromatic heterocycles. The van der Waals surface area contributed by atoms with Crippen molar-refractivity contribution in [2.75, 3.05) is 0 Å². The molecule has 6 nitrogen and oxygen atoms in total. The van der Waals surface area contributed by atoms with Crippen molar-refractivity contribution in [2.24, 2.45) is 0 Å². The highest BCUT2D eigenvalue weighted by Gasteiger charge is 2.27. The minimum atomic E-state index is 0.476. The van der Waals surface area contributed by atoms with Gasteiger partial charge in [0.2, 0.25) is 0 Å². The van der Waals surface area contributed by atoms with Crippen LogP contribution in [0.3, 0.4) is 0 Å². The van der Waals surface area contributed by atoms with Crippen molar-refractivity contribution in [1.29, 1.82) is 0 Å². The zero-order valence-electron chi connectivity index (χ0n) is 29.4. The second-order valence-corrected chi connectivity index (χ2v) is 13.6. The number of ether oxygens (including phenoxy) is 2. The quantitative estimate of drug-likeness (QED) is 0.178. The maximum Gasteiger partial charge on any atom is 0.181 e. The highest BCUT2D eigenvalue weighted by Crippen LogP contribution is 2.51. The van der Waals surface area contributed by atoms with Crippen molar-refractivity contribution in [3.05, 3.63) is 182 Å². The lowest BCUT2D eigenvalue weighted by Gasteiger charge is -2.24. The van der Waals surface area contributed by atoms with Crippen LogP contribution in [0.25, 0.3) is 83.6 Å². The van der Waals surface area contributed by atoms with E-state index in [0.717, 1.165) is 33.4 Å². The van der Waals surface area contributed by atoms with Crippen LogP contribution in [-0.4, -0.2) is 19.5 Å². The lowest BCUT2D eigenvalue weighted by Crippen LogP contribution is -2.06. The van der Waals surface area contributed by atoms with Gasteiger partial charge in [0.15, 0.2) is 40.5 Å². The molecule has 6 heteroatoms. The summed E-state index contributed by atoms with van der Waals surface area (Å²) in [4.78, 5) is 15.4. The number of para-hydroxylation sites is 4. The first-order valence-corrected chi connectivity index (χ1v) is 18.3. The summed E-state index contributed by atoms with van der Waals surface area (Å²) in [6.07, 6.45) is 0. The van der Waals surface area contributed by atoms with Crippen LogP contribution in [0.5, 0.6) is 23.0 Å². The Morgan fingerprint density at radius 2 is 0.909 bits per heavy atom. The van der Waals surface area contributed by atoms with Gasteiger partial charge in [-0.05, 0) is 52.2 Å². The van der Waals surface area contributed by atoms with E-state index in [4.69, 9.17) is 24.4 Å². The molecule has 0 saturated heterocycles. The lowest BCUT2D eigenvalue weighted by atomic mass is 9.97. The van der Waals surface area contributed by atoms with Crippen molar-refractivity contribution in [3.63, 3.8) is 0 Å². The summed E-state index contributed by atoms with van der Waals surface area (Å²) in [6, 6.07) is 62.2. The molecule has 8 aromatic carbocycles. The Bertz CT molecular complexity index is 3040. The average molecular weight is 707 g/mol. The third kappa shape index (κ3) is 5.23. The first kappa shape index (κ1) is 31.0. The van der Waals surface area contributed by atoms with Crippen molar-refractivity contribution >= 4 is 32.6 Å². The van der Waals surface area contributed by atoms with E-state index in [9.17, 15) is 0 Å². The molecule has 0 spiro atoms. The fourth-order valence-electron chi connectivity index (χ4n) is 7.73. The van der Waals surface area contributed by atoms with Crippen LogP contribution in [0.1, 0.15) is 0 Å². The maximum absolute atomic E-state index is 6.67.